The van der Waals surface area contributed by atoms with Crippen molar-refractivity contribution < 1.29 is 9.84 Å². The second-order valence-corrected chi connectivity index (χ2v) is 6.76. The maximum atomic E-state index is 10.6. The van der Waals surface area contributed by atoms with Crippen molar-refractivity contribution in [2.24, 2.45) is 0 Å². The first-order valence-corrected chi connectivity index (χ1v) is 7.42. The summed E-state index contributed by atoms with van der Waals surface area (Å²) in [4.78, 5) is 2.31. The SMILES string of the molecule is Cc1ccc(C)c(C(O)CN2CC(C)OC(C)(C)C2)c1. The highest BCUT2D eigenvalue weighted by Gasteiger charge is 2.32. The number of nitrogens with zero attached hydrogens (tertiary/aromatic N) is 1. The van der Waals surface area contributed by atoms with E-state index in [9.17, 15) is 5.11 Å². The molecule has 3 heteroatoms. The van der Waals surface area contributed by atoms with Crippen molar-refractivity contribution in [1.82, 2.24) is 4.90 Å². The van der Waals surface area contributed by atoms with Crippen LogP contribution >= 0.6 is 0 Å². The number of aryl methyl sites for hydroxylation is 2. The van der Waals surface area contributed by atoms with Gasteiger partial charge in [-0.2, -0.15) is 0 Å². The van der Waals surface area contributed by atoms with Crippen molar-refractivity contribution in [3.05, 3.63) is 34.9 Å². The van der Waals surface area contributed by atoms with E-state index in [0.717, 1.165) is 24.2 Å². The minimum Gasteiger partial charge on any atom is -0.387 e. The van der Waals surface area contributed by atoms with E-state index in [0.29, 0.717) is 6.54 Å². The minimum atomic E-state index is -0.434. The van der Waals surface area contributed by atoms with Crippen molar-refractivity contribution in [2.75, 3.05) is 19.6 Å². The molecule has 2 atom stereocenters. The number of rotatable bonds is 3. The third kappa shape index (κ3) is 3.81. The fourth-order valence-electron chi connectivity index (χ4n) is 3.19. The van der Waals surface area contributed by atoms with Gasteiger partial charge >= 0.3 is 0 Å². The number of morpholine rings is 1. The molecular formula is C17H27NO2. The van der Waals surface area contributed by atoms with Crippen LogP contribution in [0.4, 0.5) is 0 Å². The van der Waals surface area contributed by atoms with Crippen LogP contribution in [0.15, 0.2) is 18.2 Å². The number of β-amino-alcohol motifs (C(OH)–C–C–N with tert-alkyl or cyclic N) is 1. The van der Waals surface area contributed by atoms with Crippen LogP contribution in [-0.2, 0) is 4.74 Å². The zero-order valence-corrected chi connectivity index (χ0v) is 13.3. The van der Waals surface area contributed by atoms with E-state index in [-0.39, 0.29) is 11.7 Å². The molecule has 1 heterocycles. The summed E-state index contributed by atoms with van der Waals surface area (Å²) in [6, 6.07) is 6.26. The summed E-state index contributed by atoms with van der Waals surface area (Å²) in [7, 11) is 0. The van der Waals surface area contributed by atoms with Gasteiger partial charge in [-0.05, 0) is 45.7 Å². The van der Waals surface area contributed by atoms with Crippen molar-refractivity contribution in [2.45, 2.75) is 52.4 Å². The normalized spacial score (nSPS) is 24.6. The molecule has 1 aromatic rings. The molecule has 1 N–H and O–H groups in total. The lowest BCUT2D eigenvalue weighted by Gasteiger charge is -2.42. The first kappa shape index (κ1) is 15.5. The highest BCUT2D eigenvalue weighted by molar-refractivity contribution is 5.32. The third-order valence-corrected chi connectivity index (χ3v) is 3.86. The number of aliphatic hydroxyl groups is 1. The Labute approximate surface area is 122 Å². The number of ether oxygens (including phenoxy) is 1. The molecule has 1 aliphatic heterocycles. The van der Waals surface area contributed by atoms with Gasteiger partial charge in [-0.15, -0.1) is 0 Å². The lowest BCUT2D eigenvalue weighted by atomic mass is 9.99. The number of aliphatic hydroxyl groups excluding tert-OH is 1. The summed E-state index contributed by atoms with van der Waals surface area (Å²) in [6.45, 7) is 12.9. The van der Waals surface area contributed by atoms with E-state index >= 15 is 0 Å². The quantitative estimate of drug-likeness (QED) is 0.922. The lowest BCUT2D eigenvalue weighted by Crippen LogP contribution is -2.52. The van der Waals surface area contributed by atoms with Gasteiger partial charge in [0.1, 0.15) is 0 Å². The number of benzene rings is 1. The van der Waals surface area contributed by atoms with Gasteiger partial charge in [0, 0.05) is 19.6 Å². The Bertz CT molecular complexity index is 470. The molecular weight excluding hydrogens is 250 g/mol. The zero-order valence-electron chi connectivity index (χ0n) is 13.3. The van der Waals surface area contributed by atoms with Gasteiger partial charge in [0.2, 0.25) is 0 Å². The largest absolute Gasteiger partial charge is 0.387 e. The standard InChI is InChI=1S/C17H27NO2/c1-12-6-7-13(2)15(8-12)16(19)10-18-9-14(3)20-17(4,5)11-18/h6-8,14,16,19H,9-11H2,1-5H3. The Hall–Kier alpha value is -0.900. The maximum Gasteiger partial charge on any atom is 0.0919 e. The molecule has 2 rings (SSSR count). The monoisotopic (exact) mass is 277 g/mol. The van der Waals surface area contributed by atoms with E-state index in [1.54, 1.807) is 0 Å². The molecule has 0 radical (unpaired) electrons. The van der Waals surface area contributed by atoms with Gasteiger partial charge in [0.15, 0.2) is 0 Å². The molecule has 20 heavy (non-hydrogen) atoms. The molecule has 2 unspecified atom stereocenters. The van der Waals surface area contributed by atoms with Crippen LogP contribution in [0.5, 0.6) is 0 Å². The van der Waals surface area contributed by atoms with Crippen LogP contribution in [0.3, 0.4) is 0 Å². The Kier molecular flexibility index (Phi) is 4.52. The second-order valence-electron chi connectivity index (χ2n) is 6.76. The Morgan fingerprint density at radius 1 is 1.40 bits per heavy atom. The van der Waals surface area contributed by atoms with Gasteiger partial charge in [0.25, 0.3) is 0 Å². The Morgan fingerprint density at radius 3 is 2.75 bits per heavy atom. The molecule has 0 aromatic heterocycles. The first-order valence-electron chi connectivity index (χ1n) is 7.42. The highest BCUT2D eigenvalue weighted by Crippen LogP contribution is 2.25. The molecule has 1 fully saturated rings. The van der Waals surface area contributed by atoms with E-state index in [2.05, 4.69) is 57.7 Å². The van der Waals surface area contributed by atoms with Gasteiger partial charge in [-0.25, -0.2) is 0 Å². The van der Waals surface area contributed by atoms with Crippen LogP contribution in [-0.4, -0.2) is 41.3 Å². The van der Waals surface area contributed by atoms with Crippen LogP contribution in [0.25, 0.3) is 0 Å². The molecule has 0 bridgehead atoms. The van der Waals surface area contributed by atoms with Crippen LogP contribution in [0.1, 0.15) is 43.6 Å². The van der Waals surface area contributed by atoms with Crippen molar-refractivity contribution in [3.8, 4) is 0 Å². The summed E-state index contributed by atoms with van der Waals surface area (Å²) in [5, 5.41) is 10.6. The summed E-state index contributed by atoms with van der Waals surface area (Å²) >= 11 is 0. The summed E-state index contributed by atoms with van der Waals surface area (Å²) < 4.78 is 5.91. The van der Waals surface area contributed by atoms with Crippen LogP contribution < -0.4 is 0 Å². The summed E-state index contributed by atoms with van der Waals surface area (Å²) in [5.74, 6) is 0. The molecule has 112 valence electrons. The third-order valence-electron chi connectivity index (χ3n) is 3.86. The minimum absolute atomic E-state index is 0.140. The van der Waals surface area contributed by atoms with E-state index in [1.807, 2.05) is 0 Å². The summed E-state index contributed by atoms with van der Waals surface area (Å²) in [6.07, 6.45) is -0.222. The highest BCUT2D eigenvalue weighted by atomic mass is 16.5. The molecule has 3 nitrogen and oxygen atoms in total. The molecule has 0 aliphatic carbocycles. The fourth-order valence-corrected chi connectivity index (χ4v) is 3.19. The van der Waals surface area contributed by atoms with Gasteiger partial charge in [-0.3, -0.25) is 4.90 Å². The van der Waals surface area contributed by atoms with E-state index in [4.69, 9.17) is 4.74 Å². The Balaban J connectivity index is 2.07. The van der Waals surface area contributed by atoms with Crippen molar-refractivity contribution >= 4 is 0 Å². The number of hydrogen-bond donors (Lipinski definition) is 1. The van der Waals surface area contributed by atoms with Gasteiger partial charge < -0.3 is 9.84 Å². The lowest BCUT2D eigenvalue weighted by molar-refractivity contribution is -0.133. The van der Waals surface area contributed by atoms with Crippen LogP contribution in [0.2, 0.25) is 0 Å². The average Bonchev–Trinajstić information content (AvgIpc) is 2.29. The number of hydrogen-bond acceptors (Lipinski definition) is 3. The second kappa shape index (κ2) is 5.84. The molecule has 0 amide bonds. The Morgan fingerprint density at radius 2 is 2.10 bits per heavy atom. The fraction of sp³-hybridized carbons (Fsp3) is 0.647. The van der Waals surface area contributed by atoms with Crippen molar-refractivity contribution in [3.63, 3.8) is 0 Å². The van der Waals surface area contributed by atoms with E-state index < -0.39 is 6.10 Å². The van der Waals surface area contributed by atoms with Crippen molar-refractivity contribution in [1.29, 1.82) is 0 Å². The molecule has 1 aliphatic rings. The first-order chi connectivity index (χ1) is 9.27. The molecule has 1 aromatic carbocycles. The topological polar surface area (TPSA) is 32.7 Å². The zero-order chi connectivity index (χ0) is 14.9. The predicted octanol–water partition coefficient (Wildman–Crippen LogP) is 2.84. The molecule has 1 saturated heterocycles. The summed E-state index contributed by atoms with van der Waals surface area (Å²) in [5.41, 5.74) is 3.25. The van der Waals surface area contributed by atoms with Gasteiger partial charge in [0.05, 0.1) is 17.8 Å². The molecule has 0 spiro atoms. The van der Waals surface area contributed by atoms with Gasteiger partial charge in [-0.1, -0.05) is 23.8 Å². The van der Waals surface area contributed by atoms with E-state index in [1.165, 1.54) is 5.56 Å². The molecule has 0 saturated carbocycles. The smallest absolute Gasteiger partial charge is 0.0919 e. The maximum absolute atomic E-state index is 10.6. The average molecular weight is 277 g/mol. The van der Waals surface area contributed by atoms with Crippen LogP contribution in [0, 0.1) is 13.8 Å². The predicted molar refractivity (Wildman–Crippen MR) is 81.9 cm³/mol.